The number of hydrogen-bond acceptors (Lipinski definition) is 6. The zero-order valence-corrected chi connectivity index (χ0v) is 14.2. The molecule has 9 heteroatoms. The molecule has 2 amide bonds. The molecule has 0 bridgehead atoms. The average molecular weight is 372 g/mol. The first-order valence-corrected chi connectivity index (χ1v) is 8.05. The quantitative estimate of drug-likeness (QED) is 0.688. The normalized spacial score (nSPS) is 10.3. The van der Waals surface area contributed by atoms with Crippen LogP contribution in [0.5, 0.6) is 0 Å². The summed E-state index contributed by atoms with van der Waals surface area (Å²) in [5.41, 5.74) is 1.22. The van der Waals surface area contributed by atoms with E-state index in [9.17, 15) is 9.59 Å². The van der Waals surface area contributed by atoms with E-state index in [-0.39, 0.29) is 17.4 Å². The van der Waals surface area contributed by atoms with Crippen LogP contribution >= 0.6 is 11.6 Å². The first kappa shape index (κ1) is 17.6. The Kier molecular flexibility index (Phi) is 5.55. The zero-order valence-electron chi connectivity index (χ0n) is 13.5. The molecule has 2 N–H and O–H groups in total. The van der Waals surface area contributed by atoms with Crippen molar-refractivity contribution < 1.29 is 14.0 Å². The number of halogens is 1. The van der Waals surface area contributed by atoms with E-state index in [1.807, 2.05) is 12.1 Å². The van der Waals surface area contributed by atoms with E-state index in [0.717, 1.165) is 5.56 Å². The van der Waals surface area contributed by atoms with Gasteiger partial charge in [0.05, 0.1) is 6.20 Å². The summed E-state index contributed by atoms with van der Waals surface area (Å²) in [6.45, 7) is 0.425. The summed E-state index contributed by atoms with van der Waals surface area (Å²) in [6.07, 6.45) is 5.97. The van der Waals surface area contributed by atoms with Crippen molar-refractivity contribution in [3.8, 4) is 0 Å². The average Bonchev–Trinajstić information content (AvgIpc) is 3.12. The Bertz CT molecular complexity index is 896. The highest BCUT2D eigenvalue weighted by molar-refractivity contribution is 6.30. The summed E-state index contributed by atoms with van der Waals surface area (Å²) < 4.78 is 5.09. The summed E-state index contributed by atoms with van der Waals surface area (Å²) in [7, 11) is 0. The maximum Gasteiger partial charge on any atom is 0.302 e. The number of hydrogen-bond donors (Lipinski definition) is 2. The van der Waals surface area contributed by atoms with E-state index < -0.39 is 11.8 Å². The van der Waals surface area contributed by atoms with Crippen LogP contribution in [0, 0.1) is 0 Å². The van der Waals surface area contributed by atoms with Crippen LogP contribution in [-0.2, 0) is 6.42 Å². The Morgan fingerprint density at radius 3 is 2.62 bits per heavy atom. The molecule has 2 aromatic heterocycles. The number of benzene rings is 1. The van der Waals surface area contributed by atoms with E-state index in [1.165, 1.54) is 24.9 Å². The van der Waals surface area contributed by atoms with Gasteiger partial charge in [-0.05, 0) is 24.1 Å². The molecule has 132 valence electrons. The lowest BCUT2D eigenvalue weighted by atomic mass is 10.1. The van der Waals surface area contributed by atoms with Crippen molar-refractivity contribution in [2.75, 3.05) is 11.9 Å². The Morgan fingerprint density at radius 2 is 1.88 bits per heavy atom. The highest BCUT2D eigenvalue weighted by Crippen LogP contribution is 2.10. The fraction of sp³-hybridized carbons (Fsp3) is 0.118. The fourth-order valence-corrected chi connectivity index (χ4v) is 2.20. The van der Waals surface area contributed by atoms with Gasteiger partial charge in [-0.1, -0.05) is 23.7 Å². The molecule has 0 unspecified atom stereocenters. The minimum Gasteiger partial charge on any atom is -0.431 e. The lowest BCUT2D eigenvalue weighted by molar-refractivity contribution is 0.0948. The van der Waals surface area contributed by atoms with E-state index in [0.29, 0.717) is 18.0 Å². The van der Waals surface area contributed by atoms with Gasteiger partial charge >= 0.3 is 6.01 Å². The second-order valence-electron chi connectivity index (χ2n) is 5.22. The molecule has 1 aromatic carbocycles. The standard InChI is InChI=1S/C17H14ClN5O3/c18-12-3-1-11(2-4-12)5-6-21-15(24)14-10-26-17(22-14)23-16(25)13-9-19-7-8-20-13/h1-4,7-10H,5-6H2,(H,21,24)(H,22,23,25). The molecule has 8 nitrogen and oxygen atoms in total. The molecule has 0 aliphatic heterocycles. The third kappa shape index (κ3) is 4.64. The molecule has 0 spiro atoms. The maximum atomic E-state index is 12.1. The second-order valence-corrected chi connectivity index (χ2v) is 5.65. The lowest BCUT2D eigenvalue weighted by Gasteiger charge is -2.03. The Hall–Kier alpha value is -3.26. The van der Waals surface area contributed by atoms with Gasteiger partial charge in [-0.15, -0.1) is 0 Å². The molecule has 0 aliphatic rings. The number of carbonyl (C=O) groups is 2. The number of nitrogens with zero attached hydrogens (tertiary/aromatic N) is 3. The van der Waals surface area contributed by atoms with Crippen molar-refractivity contribution in [2.45, 2.75) is 6.42 Å². The van der Waals surface area contributed by atoms with Crippen molar-refractivity contribution in [1.29, 1.82) is 0 Å². The molecule has 0 aliphatic carbocycles. The highest BCUT2D eigenvalue weighted by atomic mass is 35.5. The van der Waals surface area contributed by atoms with Crippen molar-refractivity contribution in [2.24, 2.45) is 0 Å². The minimum absolute atomic E-state index is 0.0653. The van der Waals surface area contributed by atoms with Crippen molar-refractivity contribution in [1.82, 2.24) is 20.3 Å². The van der Waals surface area contributed by atoms with Crippen LogP contribution < -0.4 is 10.6 Å². The molecule has 26 heavy (non-hydrogen) atoms. The smallest absolute Gasteiger partial charge is 0.302 e. The third-order valence-electron chi connectivity index (χ3n) is 3.37. The van der Waals surface area contributed by atoms with Gasteiger partial charge < -0.3 is 9.73 Å². The number of aromatic nitrogens is 3. The third-order valence-corrected chi connectivity index (χ3v) is 3.62. The van der Waals surface area contributed by atoms with Gasteiger partial charge in [0.1, 0.15) is 12.0 Å². The predicted octanol–water partition coefficient (Wildman–Crippen LogP) is 2.34. The number of carbonyl (C=O) groups excluding carboxylic acids is 2. The van der Waals surface area contributed by atoms with Gasteiger partial charge in [0.2, 0.25) is 0 Å². The molecule has 0 fully saturated rings. The molecule has 0 radical (unpaired) electrons. The molecule has 0 saturated heterocycles. The molecule has 2 heterocycles. The van der Waals surface area contributed by atoms with Gasteiger partial charge in [-0.2, -0.15) is 4.98 Å². The summed E-state index contributed by atoms with van der Waals surface area (Å²) in [6, 6.07) is 7.28. The van der Waals surface area contributed by atoms with Crippen LogP contribution in [0.25, 0.3) is 0 Å². The van der Waals surface area contributed by atoms with E-state index in [4.69, 9.17) is 16.0 Å². The van der Waals surface area contributed by atoms with Gasteiger partial charge in [-0.25, -0.2) is 4.98 Å². The number of oxazole rings is 1. The number of anilines is 1. The van der Waals surface area contributed by atoms with Crippen molar-refractivity contribution in [3.63, 3.8) is 0 Å². The van der Waals surface area contributed by atoms with Gasteiger partial charge in [-0.3, -0.25) is 19.9 Å². The molecular weight excluding hydrogens is 358 g/mol. The number of rotatable bonds is 6. The predicted molar refractivity (Wildman–Crippen MR) is 94.0 cm³/mol. The zero-order chi connectivity index (χ0) is 18.4. The maximum absolute atomic E-state index is 12.1. The van der Waals surface area contributed by atoms with Gasteiger partial charge in [0, 0.05) is 24.0 Å². The largest absolute Gasteiger partial charge is 0.431 e. The Labute approximate surface area is 153 Å². The van der Waals surface area contributed by atoms with Gasteiger partial charge in [0.25, 0.3) is 11.8 Å². The van der Waals surface area contributed by atoms with Crippen molar-refractivity contribution in [3.05, 3.63) is 71.1 Å². The summed E-state index contributed by atoms with van der Waals surface area (Å²) >= 11 is 5.83. The van der Waals surface area contributed by atoms with Crippen LogP contribution in [0.15, 0.2) is 53.5 Å². The lowest BCUT2D eigenvalue weighted by Crippen LogP contribution is -2.26. The molecule has 0 atom stereocenters. The van der Waals surface area contributed by atoms with E-state index in [2.05, 4.69) is 25.6 Å². The molecule has 3 aromatic rings. The summed E-state index contributed by atoms with van der Waals surface area (Å²) in [5.74, 6) is -0.933. The van der Waals surface area contributed by atoms with Crippen LogP contribution in [0.3, 0.4) is 0 Å². The first-order chi connectivity index (χ1) is 12.6. The molecule has 3 rings (SSSR count). The Balaban J connectivity index is 1.51. The summed E-state index contributed by atoms with van der Waals surface area (Å²) in [4.78, 5) is 35.6. The van der Waals surface area contributed by atoms with Crippen molar-refractivity contribution >= 4 is 29.4 Å². The molecule has 0 saturated carbocycles. The first-order valence-electron chi connectivity index (χ1n) is 7.67. The van der Waals surface area contributed by atoms with E-state index in [1.54, 1.807) is 12.1 Å². The monoisotopic (exact) mass is 371 g/mol. The minimum atomic E-state index is -0.533. The van der Waals surface area contributed by atoms with Crippen LogP contribution in [0.2, 0.25) is 5.02 Å². The number of nitrogens with one attached hydrogen (secondary N) is 2. The molecular formula is C17H14ClN5O3. The number of amides is 2. The second kappa shape index (κ2) is 8.21. The fourth-order valence-electron chi connectivity index (χ4n) is 2.07. The van der Waals surface area contributed by atoms with Crippen LogP contribution in [0.4, 0.5) is 6.01 Å². The Morgan fingerprint density at radius 1 is 1.08 bits per heavy atom. The highest BCUT2D eigenvalue weighted by Gasteiger charge is 2.15. The van der Waals surface area contributed by atoms with E-state index >= 15 is 0 Å². The summed E-state index contributed by atoms with van der Waals surface area (Å²) in [5, 5.41) is 5.80. The van der Waals surface area contributed by atoms with Gasteiger partial charge in [0.15, 0.2) is 5.69 Å². The van der Waals surface area contributed by atoms with Crippen LogP contribution in [0.1, 0.15) is 26.5 Å². The topological polar surface area (TPSA) is 110 Å². The SMILES string of the molecule is O=C(NCCc1ccc(Cl)cc1)c1coc(NC(=O)c2cnccn2)n1. The van der Waals surface area contributed by atoms with Crippen LogP contribution in [-0.4, -0.2) is 33.3 Å².